The average Bonchev–Trinajstić information content (AvgIpc) is 2.69. The molecule has 2 N–H and O–H groups in total. The molecule has 2 amide bonds. The van der Waals surface area contributed by atoms with E-state index in [1.165, 1.54) is 13.2 Å². The third-order valence-corrected chi connectivity index (χ3v) is 3.61. The predicted molar refractivity (Wildman–Crippen MR) is 102 cm³/mol. The van der Waals surface area contributed by atoms with Gasteiger partial charge in [-0.1, -0.05) is 24.3 Å². The standard InChI is InChI=1S/C20H22N2O5/c1-14-6-4-5-7-16(14)27-13-20(24)22-21-19(23)11-9-15-8-10-17(25-2)18(12-15)26-3/h4-12H,13H2,1-3H3,(H,21,23)(H,22,24)/b11-9+. The van der Waals surface area contributed by atoms with E-state index < -0.39 is 11.8 Å². The highest BCUT2D eigenvalue weighted by Crippen LogP contribution is 2.27. The summed E-state index contributed by atoms with van der Waals surface area (Å²) in [6.45, 7) is 1.68. The first-order valence-electron chi connectivity index (χ1n) is 8.21. The largest absolute Gasteiger partial charge is 0.493 e. The van der Waals surface area contributed by atoms with Crippen molar-refractivity contribution in [2.45, 2.75) is 6.92 Å². The van der Waals surface area contributed by atoms with Gasteiger partial charge < -0.3 is 14.2 Å². The summed E-state index contributed by atoms with van der Waals surface area (Å²) >= 11 is 0. The number of rotatable bonds is 7. The number of carbonyl (C=O) groups excluding carboxylic acids is 2. The Bertz CT molecular complexity index is 833. The summed E-state index contributed by atoms with van der Waals surface area (Å²) < 4.78 is 15.8. The fourth-order valence-corrected chi connectivity index (χ4v) is 2.20. The molecule has 0 radical (unpaired) electrons. The minimum atomic E-state index is -0.478. The van der Waals surface area contributed by atoms with Gasteiger partial charge in [-0.15, -0.1) is 0 Å². The van der Waals surface area contributed by atoms with Crippen LogP contribution in [0.3, 0.4) is 0 Å². The van der Waals surface area contributed by atoms with E-state index in [1.54, 1.807) is 37.5 Å². The molecule has 0 bridgehead atoms. The van der Waals surface area contributed by atoms with Crippen LogP contribution in [-0.4, -0.2) is 32.6 Å². The second kappa shape index (κ2) is 9.86. The van der Waals surface area contributed by atoms with Gasteiger partial charge in [0.15, 0.2) is 18.1 Å². The van der Waals surface area contributed by atoms with Crippen molar-refractivity contribution in [3.8, 4) is 17.2 Å². The van der Waals surface area contributed by atoms with E-state index in [9.17, 15) is 9.59 Å². The van der Waals surface area contributed by atoms with Crippen molar-refractivity contribution >= 4 is 17.9 Å². The zero-order valence-electron chi connectivity index (χ0n) is 15.4. The summed E-state index contributed by atoms with van der Waals surface area (Å²) in [4.78, 5) is 23.6. The summed E-state index contributed by atoms with van der Waals surface area (Å²) in [5.74, 6) is 0.828. The molecule has 0 saturated carbocycles. The molecule has 142 valence electrons. The number of hydrogen-bond donors (Lipinski definition) is 2. The summed E-state index contributed by atoms with van der Waals surface area (Å²) in [6, 6.07) is 12.6. The summed E-state index contributed by atoms with van der Waals surface area (Å²) in [6.07, 6.45) is 2.89. The zero-order valence-corrected chi connectivity index (χ0v) is 15.4. The number of nitrogens with one attached hydrogen (secondary N) is 2. The molecule has 27 heavy (non-hydrogen) atoms. The van der Waals surface area contributed by atoms with Gasteiger partial charge in [0, 0.05) is 6.08 Å². The van der Waals surface area contributed by atoms with E-state index >= 15 is 0 Å². The average molecular weight is 370 g/mol. The molecular formula is C20H22N2O5. The molecule has 0 aliphatic heterocycles. The first kappa shape index (κ1) is 19.8. The quantitative estimate of drug-likeness (QED) is 0.577. The van der Waals surface area contributed by atoms with Gasteiger partial charge >= 0.3 is 0 Å². The minimum Gasteiger partial charge on any atom is -0.493 e. The molecule has 0 unspecified atom stereocenters. The SMILES string of the molecule is COc1ccc(/C=C/C(=O)NNC(=O)COc2ccccc2C)cc1OC. The van der Waals surface area contributed by atoms with E-state index in [1.807, 2.05) is 25.1 Å². The number of methoxy groups -OCH3 is 2. The predicted octanol–water partition coefficient (Wildman–Crippen LogP) is 2.25. The lowest BCUT2D eigenvalue weighted by Gasteiger charge is -2.09. The maximum absolute atomic E-state index is 11.8. The van der Waals surface area contributed by atoms with Crippen LogP contribution in [0, 0.1) is 6.92 Å². The Hall–Kier alpha value is -3.48. The number of hydrogen-bond acceptors (Lipinski definition) is 5. The Morgan fingerprint density at radius 1 is 0.963 bits per heavy atom. The Labute approximate surface area is 157 Å². The summed E-state index contributed by atoms with van der Waals surface area (Å²) in [5.41, 5.74) is 6.25. The topological polar surface area (TPSA) is 85.9 Å². The van der Waals surface area contributed by atoms with E-state index in [2.05, 4.69) is 10.9 Å². The highest BCUT2D eigenvalue weighted by atomic mass is 16.5. The molecule has 0 aliphatic rings. The van der Waals surface area contributed by atoms with Crippen molar-refractivity contribution < 1.29 is 23.8 Å². The van der Waals surface area contributed by atoms with Crippen LogP contribution in [0.15, 0.2) is 48.5 Å². The Morgan fingerprint density at radius 3 is 2.41 bits per heavy atom. The molecule has 7 nitrogen and oxygen atoms in total. The van der Waals surface area contributed by atoms with Crippen molar-refractivity contribution in [1.82, 2.24) is 10.9 Å². The maximum atomic E-state index is 11.8. The van der Waals surface area contributed by atoms with Crippen molar-refractivity contribution in [1.29, 1.82) is 0 Å². The normalized spacial score (nSPS) is 10.3. The molecule has 0 spiro atoms. The van der Waals surface area contributed by atoms with Gasteiger partial charge in [-0.25, -0.2) is 0 Å². The van der Waals surface area contributed by atoms with Crippen LogP contribution in [0.25, 0.3) is 6.08 Å². The number of benzene rings is 2. The second-order valence-corrected chi connectivity index (χ2v) is 5.54. The van der Waals surface area contributed by atoms with Gasteiger partial charge in [0.1, 0.15) is 5.75 Å². The van der Waals surface area contributed by atoms with Gasteiger partial charge in [0.25, 0.3) is 11.8 Å². The molecule has 0 heterocycles. The highest BCUT2D eigenvalue weighted by Gasteiger charge is 2.06. The van der Waals surface area contributed by atoms with Gasteiger partial charge in [-0.2, -0.15) is 0 Å². The van der Waals surface area contributed by atoms with E-state index in [0.29, 0.717) is 17.2 Å². The smallest absolute Gasteiger partial charge is 0.276 e. The molecule has 7 heteroatoms. The van der Waals surface area contributed by atoms with Crippen LogP contribution in [0.2, 0.25) is 0 Å². The van der Waals surface area contributed by atoms with E-state index in [-0.39, 0.29) is 6.61 Å². The number of para-hydroxylation sites is 1. The monoisotopic (exact) mass is 370 g/mol. The Balaban J connectivity index is 1.81. The molecule has 0 aliphatic carbocycles. The van der Waals surface area contributed by atoms with Crippen molar-refractivity contribution in [2.24, 2.45) is 0 Å². The highest BCUT2D eigenvalue weighted by molar-refractivity contribution is 5.93. The fraction of sp³-hybridized carbons (Fsp3) is 0.200. The molecule has 2 aromatic rings. The van der Waals surface area contributed by atoms with E-state index in [4.69, 9.17) is 14.2 Å². The Kier molecular flexibility index (Phi) is 7.25. The molecule has 0 fully saturated rings. The van der Waals surface area contributed by atoms with Crippen molar-refractivity contribution in [2.75, 3.05) is 20.8 Å². The molecule has 2 aromatic carbocycles. The number of carbonyl (C=O) groups is 2. The van der Waals surface area contributed by atoms with Crippen LogP contribution in [0.4, 0.5) is 0 Å². The maximum Gasteiger partial charge on any atom is 0.276 e. The fourth-order valence-electron chi connectivity index (χ4n) is 2.20. The van der Waals surface area contributed by atoms with Crippen LogP contribution in [0.5, 0.6) is 17.2 Å². The van der Waals surface area contributed by atoms with Crippen molar-refractivity contribution in [3.63, 3.8) is 0 Å². The lowest BCUT2D eigenvalue weighted by molar-refractivity contribution is -0.128. The van der Waals surface area contributed by atoms with E-state index in [0.717, 1.165) is 11.1 Å². The summed E-state index contributed by atoms with van der Waals surface area (Å²) in [5, 5.41) is 0. The third kappa shape index (κ3) is 6.07. The first-order chi connectivity index (χ1) is 13.0. The van der Waals surface area contributed by atoms with Gasteiger partial charge in [0.2, 0.25) is 0 Å². The second-order valence-electron chi connectivity index (χ2n) is 5.54. The van der Waals surface area contributed by atoms with Crippen LogP contribution in [-0.2, 0) is 9.59 Å². The van der Waals surface area contributed by atoms with Gasteiger partial charge in [-0.3, -0.25) is 20.4 Å². The molecular weight excluding hydrogens is 348 g/mol. The molecule has 0 saturated heterocycles. The minimum absolute atomic E-state index is 0.204. The van der Waals surface area contributed by atoms with Gasteiger partial charge in [0.05, 0.1) is 14.2 Å². The Morgan fingerprint density at radius 2 is 1.70 bits per heavy atom. The molecule has 2 rings (SSSR count). The lowest BCUT2D eigenvalue weighted by atomic mass is 10.2. The zero-order chi connectivity index (χ0) is 19.6. The van der Waals surface area contributed by atoms with Crippen LogP contribution < -0.4 is 25.1 Å². The van der Waals surface area contributed by atoms with Crippen LogP contribution in [0.1, 0.15) is 11.1 Å². The molecule has 0 atom stereocenters. The number of hydrazine groups is 1. The summed E-state index contributed by atoms with van der Waals surface area (Å²) in [7, 11) is 3.08. The molecule has 0 aromatic heterocycles. The number of ether oxygens (including phenoxy) is 3. The third-order valence-electron chi connectivity index (χ3n) is 3.61. The van der Waals surface area contributed by atoms with Crippen molar-refractivity contribution in [3.05, 3.63) is 59.7 Å². The lowest BCUT2D eigenvalue weighted by Crippen LogP contribution is -2.43. The van der Waals surface area contributed by atoms with Gasteiger partial charge in [-0.05, 0) is 42.3 Å². The first-order valence-corrected chi connectivity index (χ1v) is 8.21. The van der Waals surface area contributed by atoms with Crippen LogP contribution >= 0.6 is 0 Å². The number of aryl methyl sites for hydroxylation is 1. The number of amides is 2.